The zero-order chi connectivity index (χ0) is 10.3. The van der Waals surface area contributed by atoms with Crippen molar-refractivity contribution in [2.24, 2.45) is 0 Å². The minimum absolute atomic E-state index is 0.0490. The van der Waals surface area contributed by atoms with Crippen LogP contribution in [0.4, 0.5) is 0 Å². The Bertz CT molecular complexity index is 321. The van der Waals surface area contributed by atoms with Crippen molar-refractivity contribution in [3.8, 4) is 18.4 Å². The van der Waals surface area contributed by atoms with Crippen molar-refractivity contribution in [1.82, 2.24) is 4.72 Å². The van der Waals surface area contributed by atoms with E-state index in [0.717, 1.165) is 0 Å². The lowest BCUT2D eigenvalue weighted by Crippen LogP contribution is -2.33. The molecule has 0 aliphatic carbocycles. The SMILES string of the molecule is C#CC(C)NS(=O)(=O)CCCC#N. The summed E-state index contributed by atoms with van der Waals surface area (Å²) in [5.74, 6) is 2.21. The molecule has 5 heteroatoms. The maximum Gasteiger partial charge on any atom is 0.212 e. The zero-order valence-corrected chi connectivity index (χ0v) is 8.26. The fourth-order valence-corrected chi connectivity index (χ4v) is 1.95. The molecule has 0 saturated heterocycles. The van der Waals surface area contributed by atoms with Crippen LogP contribution in [-0.2, 0) is 10.0 Å². The molecule has 0 aromatic rings. The molecule has 0 saturated carbocycles. The maximum atomic E-state index is 11.2. The van der Waals surface area contributed by atoms with Crippen molar-refractivity contribution >= 4 is 10.0 Å². The molecule has 0 rings (SSSR count). The van der Waals surface area contributed by atoms with E-state index in [9.17, 15) is 8.42 Å². The number of nitriles is 1. The summed E-state index contributed by atoms with van der Waals surface area (Å²) in [6.45, 7) is 1.59. The van der Waals surface area contributed by atoms with Gasteiger partial charge in [-0.2, -0.15) is 5.26 Å². The van der Waals surface area contributed by atoms with E-state index in [4.69, 9.17) is 11.7 Å². The van der Waals surface area contributed by atoms with E-state index < -0.39 is 16.1 Å². The van der Waals surface area contributed by atoms with E-state index in [-0.39, 0.29) is 12.2 Å². The number of rotatable bonds is 5. The monoisotopic (exact) mass is 200 g/mol. The lowest BCUT2D eigenvalue weighted by Gasteiger charge is -2.07. The van der Waals surface area contributed by atoms with E-state index in [1.807, 2.05) is 6.07 Å². The molecule has 0 spiro atoms. The molecule has 13 heavy (non-hydrogen) atoms. The molecule has 0 aliphatic rings. The zero-order valence-electron chi connectivity index (χ0n) is 7.45. The lowest BCUT2D eigenvalue weighted by molar-refractivity contribution is 0.575. The standard InChI is InChI=1S/C8H12N2O2S/c1-3-8(2)10-13(11,12)7-5-4-6-9/h1,8,10H,4-5,7H2,2H3. The molecular weight excluding hydrogens is 188 g/mol. The highest BCUT2D eigenvalue weighted by Gasteiger charge is 2.11. The van der Waals surface area contributed by atoms with Crippen LogP contribution in [0.1, 0.15) is 19.8 Å². The second kappa shape index (κ2) is 5.58. The maximum absolute atomic E-state index is 11.2. The van der Waals surface area contributed by atoms with Gasteiger partial charge in [-0.3, -0.25) is 0 Å². The van der Waals surface area contributed by atoms with Gasteiger partial charge in [-0.15, -0.1) is 6.42 Å². The highest BCUT2D eigenvalue weighted by Crippen LogP contribution is 1.94. The second-order valence-corrected chi connectivity index (χ2v) is 4.46. The summed E-state index contributed by atoms with van der Waals surface area (Å²) in [4.78, 5) is 0. The molecule has 0 heterocycles. The minimum Gasteiger partial charge on any atom is -0.212 e. The van der Waals surface area contributed by atoms with Gasteiger partial charge in [0.15, 0.2) is 0 Å². The van der Waals surface area contributed by atoms with Crippen LogP contribution < -0.4 is 4.72 Å². The Balaban J connectivity index is 3.98. The van der Waals surface area contributed by atoms with Crippen molar-refractivity contribution in [3.05, 3.63) is 0 Å². The molecule has 0 aromatic heterocycles. The third-order valence-corrected chi connectivity index (χ3v) is 2.85. The van der Waals surface area contributed by atoms with Crippen LogP contribution in [0, 0.1) is 23.7 Å². The number of sulfonamides is 1. The Morgan fingerprint density at radius 1 is 1.62 bits per heavy atom. The summed E-state index contributed by atoms with van der Waals surface area (Å²) in [6, 6.07) is 1.38. The van der Waals surface area contributed by atoms with Gasteiger partial charge in [0.2, 0.25) is 10.0 Å². The molecule has 0 radical (unpaired) electrons. The smallest absolute Gasteiger partial charge is 0.212 e. The largest absolute Gasteiger partial charge is 0.212 e. The van der Waals surface area contributed by atoms with Crippen molar-refractivity contribution in [2.75, 3.05) is 5.75 Å². The van der Waals surface area contributed by atoms with Gasteiger partial charge in [0.1, 0.15) is 0 Å². The third-order valence-electron chi connectivity index (χ3n) is 1.31. The molecule has 0 fully saturated rings. The van der Waals surface area contributed by atoms with E-state index >= 15 is 0 Å². The van der Waals surface area contributed by atoms with Crippen molar-refractivity contribution < 1.29 is 8.42 Å². The van der Waals surface area contributed by atoms with Gasteiger partial charge in [0, 0.05) is 6.42 Å². The van der Waals surface area contributed by atoms with Crippen LogP contribution in [0.5, 0.6) is 0 Å². The molecule has 0 bridgehead atoms. The van der Waals surface area contributed by atoms with Crippen LogP contribution in [0.2, 0.25) is 0 Å². The summed E-state index contributed by atoms with van der Waals surface area (Å²) in [6.07, 6.45) is 5.58. The van der Waals surface area contributed by atoms with Crippen molar-refractivity contribution in [3.63, 3.8) is 0 Å². The predicted octanol–water partition coefficient (Wildman–Crippen LogP) is 0.231. The van der Waals surface area contributed by atoms with Gasteiger partial charge in [-0.1, -0.05) is 5.92 Å². The quantitative estimate of drug-likeness (QED) is 0.510. The highest BCUT2D eigenvalue weighted by atomic mass is 32.2. The topological polar surface area (TPSA) is 70.0 Å². The summed E-state index contributed by atoms with van der Waals surface area (Å²) < 4.78 is 24.6. The number of terminal acetylenes is 1. The summed E-state index contributed by atoms with van der Waals surface area (Å²) in [5, 5.41) is 8.19. The van der Waals surface area contributed by atoms with Gasteiger partial charge in [-0.25, -0.2) is 13.1 Å². The minimum atomic E-state index is -3.31. The Kier molecular flexibility index (Phi) is 5.13. The molecule has 0 aliphatic heterocycles. The molecule has 1 N–H and O–H groups in total. The number of nitrogens with zero attached hydrogens (tertiary/aromatic N) is 1. The second-order valence-electron chi connectivity index (χ2n) is 2.59. The Hall–Kier alpha value is -1.04. The van der Waals surface area contributed by atoms with Crippen LogP contribution in [0.3, 0.4) is 0 Å². The average Bonchev–Trinajstić information content (AvgIpc) is 2.03. The number of hydrogen-bond donors (Lipinski definition) is 1. The first-order valence-electron chi connectivity index (χ1n) is 3.85. The molecule has 1 unspecified atom stereocenters. The first-order chi connectivity index (χ1) is 6.02. The van der Waals surface area contributed by atoms with Crippen LogP contribution >= 0.6 is 0 Å². The Morgan fingerprint density at radius 3 is 2.69 bits per heavy atom. The van der Waals surface area contributed by atoms with Gasteiger partial charge in [-0.05, 0) is 13.3 Å². The summed E-state index contributed by atoms with van der Waals surface area (Å²) in [5.41, 5.74) is 0. The average molecular weight is 200 g/mol. The lowest BCUT2D eigenvalue weighted by atomic mass is 10.4. The van der Waals surface area contributed by atoms with Crippen LogP contribution in [-0.4, -0.2) is 20.2 Å². The van der Waals surface area contributed by atoms with E-state index in [2.05, 4.69) is 10.6 Å². The van der Waals surface area contributed by atoms with E-state index in [1.165, 1.54) is 0 Å². The van der Waals surface area contributed by atoms with Crippen molar-refractivity contribution in [1.29, 1.82) is 5.26 Å². The Labute approximate surface area is 79.0 Å². The molecule has 1 atom stereocenters. The van der Waals surface area contributed by atoms with Crippen LogP contribution in [0.25, 0.3) is 0 Å². The van der Waals surface area contributed by atoms with Gasteiger partial charge >= 0.3 is 0 Å². The van der Waals surface area contributed by atoms with Crippen molar-refractivity contribution in [2.45, 2.75) is 25.8 Å². The van der Waals surface area contributed by atoms with Gasteiger partial charge in [0.05, 0.1) is 17.9 Å². The van der Waals surface area contributed by atoms with E-state index in [1.54, 1.807) is 6.92 Å². The first kappa shape index (κ1) is 12.0. The fourth-order valence-electron chi connectivity index (χ4n) is 0.704. The van der Waals surface area contributed by atoms with Gasteiger partial charge < -0.3 is 0 Å². The summed E-state index contributed by atoms with van der Waals surface area (Å²) in [7, 11) is -3.31. The number of unbranched alkanes of at least 4 members (excludes halogenated alkanes) is 1. The predicted molar refractivity (Wildman–Crippen MR) is 50.1 cm³/mol. The first-order valence-corrected chi connectivity index (χ1v) is 5.50. The Morgan fingerprint density at radius 2 is 2.23 bits per heavy atom. The normalized spacial score (nSPS) is 12.8. The highest BCUT2D eigenvalue weighted by molar-refractivity contribution is 7.89. The molecular formula is C8H12N2O2S. The number of nitrogens with one attached hydrogen (secondary N) is 1. The fraction of sp³-hybridized carbons (Fsp3) is 0.625. The van der Waals surface area contributed by atoms with Crippen LogP contribution in [0.15, 0.2) is 0 Å². The number of hydrogen-bond acceptors (Lipinski definition) is 3. The van der Waals surface area contributed by atoms with Gasteiger partial charge in [0.25, 0.3) is 0 Å². The molecule has 0 aromatic carbocycles. The third kappa shape index (κ3) is 6.15. The van der Waals surface area contributed by atoms with E-state index in [0.29, 0.717) is 6.42 Å². The molecule has 0 amide bonds. The molecule has 4 nitrogen and oxygen atoms in total. The summed E-state index contributed by atoms with van der Waals surface area (Å²) >= 11 is 0. The molecule has 72 valence electrons.